The van der Waals surface area contributed by atoms with Crippen molar-refractivity contribution in [2.75, 3.05) is 5.75 Å². The molecule has 7 heteroatoms. The third-order valence-corrected chi connectivity index (χ3v) is 2.96. The Morgan fingerprint density at radius 3 is 1.91 bits per heavy atom. The molecular weight excluding hydrogens is 213 g/mol. The SMILES string of the molecule is CC(C)(CS(=O)(=O)[O-])N(Cl)Cl. The van der Waals surface area contributed by atoms with Gasteiger partial charge in [0.2, 0.25) is 0 Å². The molecular formula is C4H8Cl2NO3S-. The number of hydrogen-bond acceptors (Lipinski definition) is 4. The molecule has 0 radical (unpaired) electrons. The smallest absolute Gasteiger partial charge is 0.0965 e. The van der Waals surface area contributed by atoms with Gasteiger partial charge >= 0.3 is 0 Å². The molecule has 0 unspecified atom stereocenters. The first-order valence-corrected chi connectivity index (χ1v) is 4.96. The van der Waals surface area contributed by atoms with Gasteiger partial charge in [0.05, 0.1) is 21.4 Å². The predicted molar refractivity (Wildman–Crippen MR) is 42.2 cm³/mol. The van der Waals surface area contributed by atoms with Gasteiger partial charge in [-0.25, -0.2) is 8.42 Å². The second kappa shape index (κ2) is 3.45. The molecule has 0 heterocycles. The molecule has 11 heavy (non-hydrogen) atoms. The average Bonchev–Trinajstić information content (AvgIpc) is 1.56. The predicted octanol–water partition coefficient (Wildman–Crippen LogP) is 0.920. The largest absolute Gasteiger partial charge is 0.748 e. The molecule has 0 aromatic rings. The Labute approximate surface area is 76.1 Å². The highest BCUT2D eigenvalue weighted by Gasteiger charge is 2.26. The van der Waals surface area contributed by atoms with Crippen molar-refractivity contribution < 1.29 is 13.0 Å². The third kappa shape index (κ3) is 4.81. The summed E-state index contributed by atoms with van der Waals surface area (Å²) in [4.78, 5) is 0. The zero-order valence-electron chi connectivity index (χ0n) is 6.04. The third-order valence-electron chi connectivity index (χ3n) is 0.988. The number of hydrogen-bond donors (Lipinski definition) is 0. The lowest BCUT2D eigenvalue weighted by molar-refractivity contribution is 0.370. The van der Waals surface area contributed by atoms with Gasteiger partial charge in [-0.05, 0) is 37.4 Å². The van der Waals surface area contributed by atoms with Crippen molar-refractivity contribution in [2.24, 2.45) is 0 Å². The fourth-order valence-electron chi connectivity index (χ4n) is 0.481. The van der Waals surface area contributed by atoms with E-state index in [0.717, 1.165) is 0 Å². The van der Waals surface area contributed by atoms with Gasteiger partial charge in [-0.15, -0.1) is 3.94 Å². The van der Waals surface area contributed by atoms with E-state index in [2.05, 4.69) is 0 Å². The zero-order valence-corrected chi connectivity index (χ0v) is 8.37. The van der Waals surface area contributed by atoms with Crippen molar-refractivity contribution in [1.29, 1.82) is 0 Å². The van der Waals surface area contributed by atoms with Crippen LogP contribution in [0.5, 0.6) is 0 Å². The van der Waals surface area contributed by atoms with E-state index in [1.54, 1.807) is 0 Å². The fourth-order valence-corrected chi connectivity index (χ4v) is 1.74. The molecule has 0 bridgehead atoms. The fraction of sp³-hybridized carbons (Fsp3) is 1.00. The van der Waals surface area contributed by atoms with E-state index in [4.69, 9.17) is 23.6 Å². The summed E-state index contributed by atoms with van der Waals surface area (Å²) in [5.41, 5.74) is -1.05. The number of halogens is 2. The van der Waals surface area contributed by atoms with Crippen molar-refractivity contribution in [3.63, 3.8) is 0 Å². The summed E-state index contributed by atoms with van der Waals surface area (Å²) >= 11 is 10.5. The summed E-state index contributed by atoms with van der Waals surface area (Å²) in [5.74, 6) is -0.618. The Morgan fingerprint density at radius 1 is 1.45 bits per heavy atom. The van der Waals surface area contributed by atoms with Gasteiger partial charge in [-0.2, -0.15) is 0 Å². The molecule has 0 N–H and O–H groups in total. The molecule has 0 spiro atoms. The summed E-state index contributed by atoms with van der Waals surface area (Å²) in [7, 11) is -4.29. The summed E-state index contributed by atoms with van der Waals surface area (Å²) in [5, 5.41) is 0. The maximum absolute atomic E-state index is 10.3. The van der Waals surface area contributed by atoms with Crippen LogP contribution in [0.4, 0.5) is 0 Å². The van der Waals surface area contributed by atoms with Crippen LogP contribution >= 0.6 is 23.6 Å². The molecule has 0 aliphatic carbocycles. The molecule has 68 valence electrons. The second-order valence-corrected chi connectivity index (χ2v) is 5.00. The Balaban J connectivity index is 4.38. The summed E-state index contributed by atoms with van der Waals surface area (Å²) in [6.07, 6.45) is 0. The Hall–Kier alpha value is 0.450. The number of nitrogens with zero attached hydrogens (tertiary/aromatic N) is 1. The van der Waals surface area contributed by atoms with E-state index in [9.17, 15) is 13.0 Å². The van der Waals surface area contributed by atoms with Gasteiger partial charge in [0.15, 0.2) is 0 Å². The van der Waals surface area contributed by atoms with Gasteiger partial charge in [-0.3, -0.25) is 0 Å². The lowest BCUT2D eigenvalue weighted by Gasteiger charge is -2.28. The minimum atomic E-state index is -4.29. The molecule has 0 atom stereocenters. The standard InChI is InChI=1S/C4H9Cl2NO3S/c1-4(2,7(5)6)3-11(8,9)10/h3H2,1-2H3,(H,8,9,10)/p-1. The molecule has 4 nitrogen and oxygen atoms in total. The summed E-state index contributed by atoms with van der Waals surface area (Å²) < 4.78 is 31.4. The second-order valence-electron chi connectivity index (χ2n) is 2.75. The summed E-state index contributed by atoms with van der Waals surface area (Å²) in [6, 6.07) is 0. The van der Waals surface area contributed by atoms with E-state index in [-0.39, 0.29) is 0 Å². The van der Waals surface area contributed by atoms with Gasteiger partial charge < -0.3 is 4.55 Å². The van der Waals surface area contributed by atoms with E-state index in [1.807, 2.05) is 0 Å². The van der Waals surface area contributed by atoms with Crippen LogP contribution in [0, 0.1) is 0 Å². The van der Waals surface area contributed by atoms with Crippen molar-refractivity contribution in [2.45, 2.75) is 19.4 Å². The number of rotatable bonds is 3. The molecule has 0 aromatic heterocycles. The van der Waals surface area contributed by atoms with Crippen LogP contribution in [0.25, 0.3) is 0 Å². The van der Waals surface area contributed by atoms with Crippen LogP contribution in [-0.2, 0) is 10.1 Å². The van der Waals surface area contributed by atoms with Crippen LogP contribution in [0.15, 0.2) is 0 Å². The molecule has 0 saturated heterocycles. The van der Waals surface area contributed by atoms with Crippen molar-refractivity contribution in [1.82, 2.24) is 3.94 Å². The maximum Gasteiger partial charge on any atom is 0.0965 e. The van der Waals surface area contributed by atoms with Gasteiger partial charge in [-0.1, -0.05) is 0 Å². The minimum Gasteiger partial charge on any atom is -0.748 e. The Kier molecular flexibility index (Phi) is 3.59. The van der Waals surface area contributed by atoms with E-state index in [0.29, 0.717) is 3.94 Å². The minimum absolute atomic E-state index is 0.618. The van der Waals surface area contributed by atoms with Crippen molar-refractivity contribution in [3.8, 4) is 0 Å². The first-order chi connectivity index (χ1) is 4.65. The highest BCUT2D eigenvalue weighted by Crippen LogP contribution is 2.20. The van der Waals surface area contributed by atoms with Crippen molar-refractivity contribution >= 4 is 33.7 Å². The molecule has 0 rings (SSSR count). The quantitative estimate of drug-likeness (QED) is 0.525. The van der Waals surface area contributed by atoms with E-state index in [1.165, 1.54) is 13.8 Å². The average molecular weight is 221 g/mol. The lowest BCUT2D eigenvalue weighted by atomic mass is 10.1. The summed E-state index contributed by atoms with van der Waals surface area (Å²) in [6.45, 7) is 2.89. The molecule has 0 fully saturated rings. The topological polar surface area (TPSA) is 60.4 Å². The molecule has 0 aliphatic heterocycles. The van der Waals surface area contributed by atoms with Gasteiger partial charge in [0.1, 0.15) is 0 Å². The monoisotopic (exact) mass is 220 g/mol. The van der Waals surface area contributed by atoms with Gasteiger partial charge in [0.25, 0.3) is 0 Å². The van der Waals surface area contributed by atoms with Crippen LogP contribution in [0.2, 0.25) is 0 Å². The maximum atomic E-state index is 10.3. The van der Waals surface area contributed by atoms with Crippen LogP contribution < -0.4 is 0 Å². The molecule has 0 aromatic carbocycles. The van der Waals surface area contributed by atoms with Crippen LogP contribution in [0.1, 0.15) is 13.8 Å². The first kappa shape index (κ1) is 11.4. The van der Waals surface area contributed by atoms with Crippen molar-refractivity contribution in [3.05, 3.63) is 0 Å². The molecule has 0 amide bonds. The van der Waals surface area contributed by atoms with Crippen LogP contribution in [0.3, 0.4) is 0 Å². The van der Waals surface area contributed by atoms with Gasteiger partial charge in [0, 0.05) is 0 Å². The van der Waals surface area contributed by atoms with Crippen LogP contribution in [-0.4, -0.2) is 28.2 Å². The van der Waals surface area contributed by atoms with E-state index >= 15 is 0 Å². The Morgan fingerprint density at radius 2 is 1.82 bits per heavy atom. The highest BCUT2D eigenvalue weighted by molar-refractivity contribution is 7.85. The zero-order chi connectivity index (χ0) is 9.28. The Bertz CT molecular complexity index is 223. The van der Waals surface area contributed by atoms with E-state index < -0.39 is 21.4 Å². The highest BCUT2D eigenvalue weighted by atomic mass is 35.5. The molecule has 0 saturated carbocycles. The normalized spacial score (nSPS) is 14.0. The first-order valence-electron chi connectivity index (χ1n) is 2.70. The molecule has 0 aliphatic rings. The lowest BCUT2D eigenvalue weighted by Crippen LogP contribution is -2.38.